The first-order valence-electron chi connectivity index (χ1n) is 13.9. The Kier molecular flexibility index (Phi) is 6.81. The Morgan fingerprint density at radius 3 is 2.05 bits per heavy atom. The number of aryl methyl sites for hydroxylation is 1. The van der Waals surface area contributed by atoms with E-state index < -0.39 is 0 Å². The minimum atomic E-state index is 0.821. The van der Waals surface area contributed by atoms with E-state index in [9.17, 15) is 0 Å². The number of nitrogens with zero attached hydrogens (tertiary/aromatic N) is 1. The third kappa shape index (κ3) is 4.77. The molecule has 0 atom stereocenters. The zero-order valence-electron chi connectivity index (χ0n) is 22.8. The fourth-order valence-electron chi connectivity index (χ4n) is 5.38. The number of benzene rings is 4. The SMILES string of the molecule is CCC(=C/c1oc2ccc(-c3ccccc3)cc2c1CC)/C=C1\Oc2ccc(-c3ccccc3)cc2N1CC. The molecule has 0 aliphatic carbocycles. The molecule has 0 saturated carbocycles. The van der Waals surface area contributed by atoms with Crippen molar-refractivity contribution in [1.29, 1.82) is 0 Å². The molecule has 0 unspecified atom stereocenters. The summed E-state index contributed by atoms with van der Waals surface area (Å²) in [5, 5.41) is 1.18. The van der Waals surface area contributed by atoms with Crippen LogP contribution in [0.5, 0.6) is 5.75 Å². The molecule has 6 rings (SSSR count). The zero-order chi connectivity index (χ0) is 26.8. The Bertz CT molecular complexity index is 1680. The standard InChI is InChI=1S/C36H33NO2/c1-4-25(21-35-30(5-2)31-23-28(17-19-33(31)38-35)26-13-9-7-10-14-26)22-36-37(6-3)32-24-29(18-20-34(32)39-36)27-15-11-8-12-16-27/h7-24H,4-6H2,1-3H3/b25-21-,36-22-. The molecule has 0 fully saturated rings. The smallest absolute Gasteiger partial charge is 0.200 e. The van der Waals surface area contributed by atoms with E-state index in [1.807, 2.05) is 6.07 Å². The summed E-state index contributed by atoms with van der Waals surface area (Å²) in [6, 6.07) is 33.9. The van der Waals surface area contributed by atoms with Gasteiger partial charge in [-0.1, -0.05) is 86.6 Å². The molecule has 1 aliphatic rings. The van der Waals surface area contributed by atoms with Crippen molar-refractivity contribution >= 4 is 22.7 Å². The van der Waals surface area contributed by atoms with Gasteiger partial charge >= 0.3 is 0 Å². The van der Waals surface area contributed by atoms with Crippen LogP contribution in [0.3, 0.4) is 0 Å². The molecular formula is C36H33NO2. The molecule has 0 saturated heterocycles. The lowest BCUT2D eigenvalue weighted by Crippen LogP contribution is -2.19. The molecule has 5 aromatic rings. The van der Waals surface area contributed by atoms with Crippen LogP contribution in [-0.2, 0) is 6.42 Å². The summed E-state index contributed by atoms with van der Waals surface area (Å²) in [6.45, 7) is 7.36. The van der Waals surface area contributed by atoms with Gasteiger partial charge in [0.1, 0.15) is 11.3 Å². The number of rotatable bonds is 7. The number of fused-ring (bicyclic) bond motifs is 2. The molecule has 3 heteroatoms. The Balaban J connectivity index is 1.35. The predicted molar refractivity (Wildman–Crippen MR) is 163 cm³/mol. The van der Waals surface area contributed by atoms with Crippen molar-refractivity contribution in [1.82, 2.24) is 0 Å². The van der Waals surface area contributed by atoms with Gasteiger partial charge in [-0.2, -0.15) is 0 Å². The molecule has 1 aromatic heterocycles. The van der Waals surface area contributed by atoms with E-state index in [0.29, 0.717) is 0 Å². The maximum Gasteiger partial charge on any atom is 0.200 e. The molecule has 0 amide bonds. The maximum absolute atomic E-state index is 6.40. The van der Waals surface area contributed by atoms with Gasteiger partial charge in [0.05, 0.1) is 5.69 Å². The monoisotopic (exact) mass is 511 g/mol. The van der Waals surface area contributed by atoms with Gasteiger partial charge in [-0.25, -0.2) is 0 Å². The zero-order valence-corrected chi connectivity index (χ0v) is 22.8. The topological polar surface area (TPSA) is 25.6 Å². The van der Waals surface area contributed by atoms with Gasteiger partial charge in [-0.3, -0.25) is 0 Å². The Hall–Kier alpha value is -4.50. The highest BCUT2D eigenvalue weighted by molar-refractivity contribution is 5.89. The highest BCUT2D eigenvalue weighted by Crippen LogP contribution is 2.42. The van der Waals surface area contributed by atoms with Gasteiger partial charge in [0.2, 0.25) is 5.88 Å². The Labute approximate surface area is 230 Å². The molecule has 0 spiro atoms. The van der Waals surface area contributed by atoms with Crippen LogP contribution >= 0.6 is 0 Å². The second kappa shape index (κ2) is 10.7. The van der Waals surface area contributed by atoms with Crippen molar-refractivity contribution in [2.45, 2.75) is 33.6 Å². The number of allylic oxidation sites excluding steroid dienone is 2. The molecule has 1 aliphatic heterocycles. The quantitative estimate of drug-likeness (QED) is 0.217. The fourth-order valence-corrected chi connectivity index (χ4v) is 5.38. The second-order valence-corrected chi connectivity index (χ2v) is 9.83. The number of anilines is 1. The van der Waals surface area contributed by atoms with Crippen LogP contribution in [0.1, 0.15) is 38.5 Å². The molecule has 2 heterocycles. The average Bonchev–Trinajstić information content (AvgIpc) is 3.53. The first-order chi connectivity index (χ1) is 19.2. The van der Waals surface area contributed by atoms with Gasteiger partial charge in [-0.05, 0) is 77.9 Å². The van der Waals surface area contributed by atoms with Crippen molar-refractivity contribution in [2.75, 3.05) is 11.4 Å². The van der Waals surface area contributed by atoms with Crippen molar-refractivity contribution in [3.05, 3.63) is 126 Å². The lowest BCUT2D eigenvalue weighted by atomic mass is 10.0. The van der Waals surface area contributed by atoms with E-state index in [0.717, 1.165) is 53.6 Å². The predicted octanol–water partition coefficient (Wildman–Crippen LogP) is 9.88. The Morgan fingerprint density at radius 1 is 0.744 bits per heavy atom. The largest absolute Gasteiger partial charge is 0.456 e. The van der Waals surface area contributed by atoms with Gasteiger partial charge in [0.15, 0.2) is 5.75 Å². The highest BCUT2D eigenvalue weighted by atomic mass is 16.5. The van der Waals surface area contributed by atoms with Gasteiger partial charge in [0.25, 0.3) is 0 Å². The molecular weight excluding hydrogens is 478 g/mol. The lowest BCUT2D eigenvalue weighted by molar-refractivity contribution is 0.439. The summed E-state index contributed by atoms with van der Waals surface area (Å²) in [5.74, 6) is 2.67. The van der Waals surface area contributed by atoms with Crippen LogP contribution in [0.25, 0.3) is 39.3 Å². The first kappa shape index (κ1) is 24.8. The van der Waals surface area contributed by atoms with Crippen molar-refractivity contribution in [3.63, 3.8) is 0 Å². The van der Waals surface area contributed by atoms with Crippen LogP contribution < -0.4 is 9.64 Å². The highest BCUT2D eigenvalue weighted by Gasteiger charge is 2.26. The fraction of sp³-hybridized carbons (Fsp3) is 0.167. The van der Waals surface area contributed by atoms with Crippen LogP contribution in [0.4, 0.5) is 5.69 Å². The number of furan rings is 1. The third-order valence-electron chi connectivity index (χ3n) is 7.47. The summed E-state index contributed by atoms with van der Waals surface area (Å²) in [7, 11) is 0. The van der Waals surface area contributed by atoms with Crippen LogP contribution in [-0.4, -0.2) is 6.54 Å². The van der Waals surface area contributed by atoms with E-state index in [2.05, 4.69) is 129 Å². The minimum absolute atomic E-state index is 0.821. The lowest BCUT2D eigenvalue weighted by Gasteiger charge is -2.16. The van der Waals surface area contributed by atoms with Crippen molar-refractivity contribution in [3.8, 4) is 28.0 Å². The molecule has 0 radical (unpaired) electrons. The summed E-state index contributed by atoms with van der Waals surface area (Å²) in [4.78, 5) is 2.25. The van der Waals surface area contributed by atoms with Crippen LogP contribution in [0, 0.1) is 0 Å². The van der Waals surface area contributed by atoms with Gasteiger partial charge in [-0.15, -0.1) is 0 Å². The van der Waals surface area contributed by atoms with Crippen LogP contribution in [0.2, 0.25) is 0 Å². The molecule has 0 N–H and O–H groups in total. The second-order valence-electron chi connectivity index (χ2n) is 9.83. The van der Waals surface area contributed by atoms with Gasteiger partial charge in [0, 0.05) is 23.6 Å². The van der Waals surface area contributed by atoms with Crippen molar-refractivity contribution < 1.29 is 9.15 Å². The minimum Gasteiger partial charge on any atom is -0.456 e. The summed E-state index contributed by atoms with van der Waals surface area (Å²) in [6.07, 6.45) is 6.11. The van der Waals surface area contributed by atoms with E-state index in [-0.39, 0.29) is 0 Å². The molecule has 0 bridgehead atoms. The van der Waals surface area contributed by atoms with Gasteiger partial charge < -0.3 is 14.1 Å². The number of ether oxygens (including phenoxy) is 1. The summed E-state index contributed by atoms with van der Waals surface area (Å²) < 4.78 is 12.8. The van der Waals surface area contributed by atoms with E-state index >= 15 is 0 Å². The average molecular weight is 512 g/mol. The third-order valence-corrected chi connectivity index (χ3v) is 7.47. The molecule has 39 heavy (non-hydrogen) atoms. The van der Waals surface area contributed by atoms with E-state index in [1.54, 1.807) is 0 Å². The maximum atomic E-state index is 6.40. The van der Waals surface area contributed by atoms with Crippen molar-refractivity contribution in [2.24, 2.45) is 0 Å². The molecule has 3 nitrogen and oxygen atoms in total. The van der Waals surface area contributed by atoms with Crippen LogP contribution in [0.15, 0.2) is 119 Å². The van der Waals surface area contributed by atoms with E-state index in [4.69, 9.17) is 9.15 Å². The molecule has 4 aromatic carbocycles. The first-order valence-corrected chi connectivity index (χ1v) is 13.9. The summed E-state index contributed by atoms with van der Waals surface area (Å²) in [5.41, 5.74) is 9.24. The molecule has 194 valence electrons. The Morgan fingerprint density at radius 2 is 1.41 bits per heavy atom. The van der Waals surface area contributed by atoms with E-state index in [1.165, 1.54) is 33.2 Å². The normalized spacial score (nSPS) is 14.2. The number of hydrogen-bond acceptors (Lipinski definition) is 3. The number of hydrogen-bond donors (Lipinski definition) is 0. The summed E-state index contributed by atoms with van der Waals surface area (Å²) >= 11 is 0.